The average molecular weight is 385 g/mol. The summed E-state index contributed by atoms with van der Waals surface area (Å²) >= 11 is 0. The van der Waals surface area contributed by atoms with Crippen molar-refractivity contribution in [3.05, 3.63) is 23.7 Å². The number of amides is 1. The minimum absolute atomic E-state index is 0.00423. The van der Waals surface area contributed by atoms with Gasteiger partial charge >= 0.3 is 12.3 Å². The van der Waals surface area contributed by atoms with Crippen molar-refractivity contribution < 1.29 is 22.7 Å². The molecule has 1 amide bonds. The summed E-state index contributed by atoms with van der Waals surface area (Å²) in [5.41, 5.74) is -0.436. The molecule has 0 unspecified atom stereocenters. The normalized spacial score (nSPS) is 18.6. The van der Waals surface area contributed by atoms with Gasteiger partial charge in [-0.1, -0.05) is 0 Å². The molecule has 27 heavy (non-hydrogen) atoms. The van der Waals surface area contributed by atoms with Crippen LogP contribution in [-0.2, 0) is 10.9 Å². The Balaban J connectivity index is 1.70. The SMILES string of the molecule is CC(C)(C)OC(=O)N1CCC[C@H](c2cc(-c3ncc(C(F)(F)F)[nH]3)n[nH]2)C1. The van der Waals surface area contributed by atoms with E-state index in [1.807, 2.05) is 20.8 Å². The Morgan fingerprint density at radius 2 is 2.07 bits per heavy atom. The summed E-state index contributed by atoms with van der Waals surface area (Å²) in [6, 6.07) is 1.67. The van der Waals surface area contributed by atoms with Gasteiger partial charge in [0.1, 0.15) is 17.0 Å². The predicted molar refractivity (Wildman–Crippen MR) is 91.0 cm³/mol. The zero-order chi connectivity index (χ0) is 19.8. The lowest BCUT2D eigenvalue weighted by atomic mass is 9.95. The van der Waals surface area contributed by atoms with Gasteiger partial charge in [-0.05, 0) is 39.7 Å². The molecule has 0 aromatic carbocycles. The molecule has 0 saturated carbocycles. The molecule has 1 saturated heterocycles. The van der Waals surface area contributed by atoms with Gasteiger partial charge in [-0.15, -0.1) is 0 Å². The van der Waals surface area contributed by atoms with Crippen molar-refractivity contribution >= 4 is 6.09 Å². The molecule has 0 bridgehead atoms. The van der Waals surface area contributed by atoms with Crippen LogP contribution < -0.4 is 0 Å². The number of aromatic nitrogens is 4. The molecular weight excluding hydrogens is 363 g/mol. The number of piperidine rings is 1. The van der Waals surface area contributed by atoms with Crippen LogP contribution in [-0.4, -0.2) is 49.8 Å². The van der Waals surface area contributed by atoms with Gasteiger partial charge < -0.3 is 14.6 Å². The first-order chi connectivity index (χ1) is 12.5. The number of ether oxygens (including phenoxy) is 1. The standard InChI is InChI=1S/C17H22F3N5O2/c1-16(2,3)27-15(26)25-6-4-5-10(9-25)11-7-12(24-23-11)14-21-8-13(22-14)17(18,19)20/h7-8,10H,4-6,9H2,1-3H3,(H,21,22)(H,23,24)/t10-/m0/s1. The van der Waals surface area contributed by atoms with E-state index in [0.717, 1.165) is 24.7 Å². The number of H-pyrrole nitrogens is 2. The van der Waals surface area contributed by atoms with E-state index in [1.54, 1.807) is 11.0 Å². The van der Waals surface area contributed by atoms with E-state index in [1.165, 1.54) is 0 Å². The molecule has 0 aliphatic carbocycles. The summed E-state index contributed by atoms with van der Waals surface area (Å²) in [5.74, 6) is 0.0502. The van der Waals surface area contributed by atoms with E-state index >= 15 is 0 Å². The maximum Gasteiger partial charge on any atom is 0.432 e. The Kier molecular flexibility index (Phi) is 4.92. The fraction of sp³-hybridized carbons (Fsp3) is 0.588. The molecule has 7 nitrogen and oxygen atoms in total. The maximum absolute atomic E-state index is 12.7. The first kappa shape index (κ1) is 19.2. The van der Waals surface area contributed by atoms with Crippen LogP contribution in [0.5, 0.6) is 0 Å². The largest absolute Gasteiger partial charge is 0.444 e. The van der Waals surface area contributed by atoms with E-state index in [0.29, 0.717) is 18.8 Å². The van der Waals surface area contributed by atoms with Crippen LogP contribution in [0.4, 0.5) is 18.0 Å². The highest BCUT2D eigenvalue weighted by Crippen LogP contribution is 2.31. The fourth-order valence-electron chi connectivity index (χ4n) is 2.99. The lowest BCUT2D eigenvalue weighted by Gasteiger charge is -2.33. The van der Waals surface area contributed by atoms with Crippen molar-refractivity contribution in [2.75, 3.05) is 13.1 Å². The van der Waals surface area contributed by atoms with E-state index in [-0.39, 0.29) is 17.8 Å². The molecule has 1 aliphatic rings. The highest BCUT2D eigenvalue weighted by molar-refractivity contribution is 5.68. The lowest BCUT2D eigenvalue weighted by molar-refractivity contribution is -0.140. The van der Waals surface area contributed by atoms with Crippen molar-refractivity contribution in [2.45, 2.75) is 51.3 Å². The molecule has 2 aromatic rings. The molecule has 2 aromatic heterocycles. The number of carbonyl (C=O) groups excluding carboxylic acids is 1. The minimum atomic E-state index is -4.48. The Hall–Kier alpha value is -2.52. The van der Waals surface area contributed by atoms with Gasteiger partial charge in [-0.2, -0.15) is 18.3 Å². The van der Waals surface area contributed by atoms with Crippen molar-refractivity contribution in [1.82, 2.24) is 25.1 Å². The van der Waals surface area contributed by atoms with Gasteiger partial charge in [0.05, 0.1) is 6.20 Å². The zero-order valence-corrected chi connectivity index (χ0v) is 15.4. The van der Waals surface area contributed by atoms with E-state index in [9.17, 15) is 18.0 Å². The summed E-state index contributed by atoms with van der Waals surface area (Å²) in [5, 5.41) is 6.93. The third kappa shape index (κ3) is 4.61. The van der Waals surface area contributed by atoms with Gasteiger partial charge in [0.15, 0.2) is 5.82 Å². The van der Waals surface area contributed by atoms with Crippen LogP contribution in [0.1, 0.15) is 50.9 Å². The third-order valence-corrected chi connectivity index (χ3v) is 4.23. The molecule has 1 fully saturated rings. The smallest absolute Gasteiger partial charge is 0.432 e. The molecule has 10 heteroatoms. The highest BCUT2D eigenvalue weighted by Gasteiger charge is 2.34. The Labute approximate surface area is 154 Å². The Bertz CT molecular complexity index is 806. The molecular formula is C17H22F3N5O2. The van der Waals surface area contributed by atoms with Gasteiger partial charge in [0.2, 0.25) is 0 Å². The highest BCUT2D eigenvalue weighted by atomic mass is 19.4. The molecule has 148 valence electrons. The van der Waals surface area contributed by atoms with Crippen LogP contribution >= 0.6 is 0 Å². The number of carbonyl (C=O) groups is 1. The van der Waals surface area contributed by atoms with Gasteiger partial charge in [-0.3, -0.25) is 5.10 Å². The second kappa shape index (κ2) is 6.90. The summed E-state index contributed by atoms with van der Waals surface area (Å²) in [7, 11) is 0. The van der Waals surface area contributed by atoms with Crippen molar-refractivity contribution in [2.24, 2.45) is 0 Å². The van der Waals surface area contributed by atoms with Crippen LogP contribution in [0.15, 0.2) is 12.3 Å². The number of rotatable bonds is 2. The number of aromatic amines is 2. The number of nitrogens with zero attached hydrogens (tertiary/aromatic N) is 3. The van der Waals surface area contributed by atoms with Gasteiger partial charge in [-0.25, -0.2) is 9.78 Å². The van der Waals surface area contributed by atoms with Gasteiger partial charge in [0.25, 0.3) is 0 Å². The van der Waals surface area contributed by atoms with Crippen LogP contribution in [0.2, 0.25) is 0 Å². The first-order valence-corrected chi connectivity index (χ1v) is 8.69. The quantitative estimate of drug-likeness (QED) is 0.820. The molecule has 3 heterocycles. The molecule has 2 N–H and O–H groups in total. The van der Waals surface area contributed by atoms with Gasteiger partial charge in [0, 0.05) is 24.7 Å². The monoisotopic (exact) mass is 385 g/mol. The molecule has 0 spiro atoms. The number of likely N-dealkylation sites (tertiary alicyclic amines) is 1. The number of hydrogen-bond acceptors (Lipinski definition) is 4. The summed E-state index contributed by atoms with van der Waals surface area (Å²) in [6.45, 7) is 6.51. The number of alkyl halides is 3. The molecule has 3 rings (SSSR count). The van der Waals surface area contributed by atoms with Crippen molar-refractivity contribution in [1.29, 1.82) is 0 Å². The van der Waals surface area contributed by atoms with Crippen molar-refractivity contribution in [3.8, 4) is 11.5 Å². The minimum Gasteiger partial charge on any atom is -0.444 e. The zero-order valence-electron chi connectivity index (χ0n) is 15.4. The maximum atomic E-state index is 12.7. The Morgan fingerprint density at radius 3 is 2.70 bits per heavy atom. The first-order valence-electron chi connectivity index (χ1n) is 8.69. The number of nitrogens with one attached hydrogen (secondary N) is 2. The second-order valence-electron chi connectivity index (χ2n) is 7.62. The average Bonchev–Trinajstić information content (AvgIpc) is 3.22. The Morgan fingerprint density at radius 1 is 1.33 bits per heavy atom. The molecule has 1 atom stereocenters. The summed E-state index contributed by atoms with van der Waals surface area (Å²) in [6.07, 6.45) is -2.46. The van der Waals surface area contributed by atoms with Crippen LogP contribution in [0.25, 0.3) is 11.5 Å². The topological polar surface area (TPSA) is 86.9 Å². The lowest BCUT2D eigenvalue weighted by Crippen LogP contribution is -2.42. The van der Waals surface area contributed by atoms with Crippen LogP contribution in [0, 0.1) is 0 Å². The fourth-order valence-corrected chi connectivity index (χ4v) is 2.99. The van der Waals surface area contributed by atoms with Crippen LogP contribution in [0.3, 0.4) is 0 Å². The van der Waals surface area contributed by atoms with E-state index in [4.69, 9.17) is 4.74 Å². The van der Waals surface area contributed by atoms with E-state index in [2.05, 4.69) is 20.2 Å². The summed E-state index contributed by atoms with van der Waals surface area (Å²) in [4.78, 5) is 19.9. The molecule has 1 aliphatic heterocycles. The molecule has 0 radical (unpaired) electrons. The van der Waals surface area contributed by atoms with E-state index < -0.39 is 17.5 Å². The second-order valence-corrected chi connectivity index (χ2v) is 7.62. The number of halogens is 3. The third-order valence-electron chi connectivity index (χ3n) is 4.23. The van der Waals surface area contributed by atoms with Crippen molar-refractivity contribution in [3.63, 3.8) is 0 Å². The number of hydrogen-bond donors (Lipinski definition) is 2. The summed E-state index contributed by atoms with van der Waals surface area (Å²) < 4.78 is 43.5. The number of imidazole rings is 1. The predicted octanol–water partition coefficient (Wildman–Crippen LogP) is 3.93.